The third kappa shape index (κ3) is 4.22. The van der Waals surface area contributed by atoms with Gasteiger partial charge < -0.3 is 11.2 Å². The molecule has 3 aromatic rings. The van der Waals surface area contributed by atoms with Crippen LogP contribution < -0.4 is 11.2 Å². The third-order valence-corrected chi connectivity index (χ3v) is 5.62. The molecule has 0 aliphatic heterocycles. The van der Waals surface area contributed by atoms with Crippen molar-refractivity contribution in [1.29, 1.82) is 0 Å². The fourth-order valence-corrected chi connectivity index (χ4v) is 4.10. The van der Waals surface area contributed by atoms with E-state index in [1.54, 1.807) is 11.6 Å². The summed E-state index contributed by atoms with van der Waals surface area (Å²) in [4.78, 5) is 12.6. The number of hydrogen-bond acceptors (Lipinski definition) is 6. The van der Waals surface area contributed by atoms with Crippen LogP contribution in [0.25, 0.3) is 5.95 Å². The number of carbonyl (C=O) groups is 1. The molecule has 1 aromatic carbocycles. The minimum atomic E-state index is -0.553. The monoisotopic (exact) mass is 459 g/mol. The van der Waals surface area contributed by atoms with E-state index in [0.29, 0.717) is 21.8 Å². The molecule has 1 unspecified atom stereocenters. The zero-order valence-corrected chi connectivity index (χ0v) is 18.2. The van der Waals surface area contributed by atoms with Crippen LogP contribution >= 0.6 is 46.6 Å². The number of nitrogens with zero attached hydrogens (tertiary/aromatic N) is 5. The number of nitrogens with one attached hydrogen (secondary N) is 1. The first-order valence-corrected chi connectivity index (χ1v) is 10.0. The summed E-state index contributed by atoms with van der Waals surface area (Å²) >= 11 is 19.2. The maximum Gasteiger partial charge on any atom is 0.271 e. The number of rotatable bonds is 5. The van der Waals surface area contributed by atoms with E-state index < -0.39 is 5.25 Å². The van der Waals surface area contributed by atoms with E-state index in [4.69, 9.17) is 40.6 Å². The molecular formula is C16H16Cl3N7OS. The SMILES string of the molecule is Cc1cc(C)n(-c2nnc(SC(C)C(=O)Nc3c(Cl)cc(Cl)cc3Cl)n2N)n1. The van der Waals surface area contributed by atoms with Crippen molar-refractivity contribution in [3.05, 3.63) is 44.7 Å². The predicted octanol–water partition coefficient (Wildman–Crippen LogP) is 3.87. The Morgan fingerprint density at radius 1 is 1.18 bits per heavy atom. The first-order valence-electron chi connectivity index (χ1n) is 8.03. The lowest BCUT2D eigenvalue weighted by molar-refractivity contribution is -0.115. The van der Waals surface area contributed by atoms with Crippen molar-refractivity contribution in [3.63, 3.8) is 0 Å². The Kier molecular flexibility index (Phi) is 6.09. The van der Waals surface area contributed by atoms with Gasteiger partial charge in [0.05, 0.1) is 26.7 Å². The highest BCUT2D eigenvalue weighted by Gasteiger charge is 2.22. The molecule has 0 saturated carbocycles. The van der Waals surface area contributed by atoms with E-state index in [-0.39, 0.29) is 16.0 Å². The van der Waals surface area contributed by atoms with Crippen LogP contribution in [0, 0.1) is 13.8 Å². The summed E-state index contributed by atoms with van der Waals surface area (Å²) in [5.74, 6) is 6.13. The molecule has 2 aromatic heterocycles. The maximum atomic E-state index is 12.6. The molecule has 1 amide bonds. The largest absolute Gasteiger partial charge is 0.334 e. The van der Waals surface area contributed by atoms with E-state index in [0.717, 1.165) is 23.1 Å². The Hall–Kier alpha value is -1.94. The number of aromatic nitrogens is 5. The minimum absolute atomic E-state index is 0.247. The Morgan fingerprint density at radius 2 is 1.82 bits per heavy atom. The molecular weight excluding hydrogens is 445 g/mol. The van der Waals surface area contributed by atoms with Gasteiger partial charge in [-0.1, -0.05) is 46.6 Å². The molecule has 0 bridgehead atoms. The molecule has 1 atom stereocenters. The lowest BCUT2D eigenvalue weighted by Gasteiger charge is -2.14. The standard InChI is InChI=1S/C16H16Cl3N7OS/c1-7-4-8(2)26(24-7)15-22-23-16(25(15)20)28-9(3)14(27)21-13-11(18)5-10(17)6-12(13)19/h4-6,9H,20H2,1-3H3,(H,21,27). The minimum Gasteiger partial charge on any atom is -0.334 e. The number of halogens is 3. The lowest BCUT2D eigenvalue weighted by atomic mass is 10.3. The van der Waals surface area contributed by atoms with Gasteiger partial charge in [0.15, 0.2) is 0 Å². The normalized spacial score (nSPS) is 12.2. The lowest BCUT2D eigenvalue weighted by Crippen LogP contribution is -2.24. The number of carbonyl (C=O) groups excluding carboxylic acids is 1. The number of benzene rings is 1. The number of amides is 1. The van der Waals surface area contributed by atoms with Gasteiger partial charge in [0, 0.05) is 10.7 Å². The van der Waals surface area contributed by atoms with Crippen LogP contribution in [0.15, 0.2) is 23.4 Å². The third-order valence-electron chi connectivity index (χ3n) is 3.75. The zero-order chi connectivity index (χ0) is 20.6. The quantitative estimate of drug-likeness (QED) is 0.442. The molecule has 12 heteroatoms. The molecule has 3 rings (SSSR count). The Labute approximate surface area is 180 Å². The van der Waals surface area contributed by atoms with Crippen molar-refractivity contribution in [2.24, 2.45) is 0 Å². The number of hydrogen-bond donors (Lipinski definition) is 2. The van der Waals surface area contributed by atoms with Crippen molar-refractivity contribution < 1.29 is 4.79 Å². The Bertz CT molecular complexity index is 1030. The second-order valence-electron chi connectivity index (χ2n) is 5.99. The summed E-state index contributed by atoms with van der Waals surface area (Å²) < 4.78 is 2.88. The molecule has 0 aliphatic rings. The van der Waals surface area contributed by atoms with E-state index >= 15 is 0 Å². The van der Waals surface area contributed by atoms with Gasteiger partial charge in [-0.15, -0.1) is 10.2 Å². The second kappa shape index (κ2) is 8.20. The summed E-state index contributed by atoms with van der Waals surface area (Å²) in [6.07, 6.45) is 0. The predicted molar refractivity (Wildman–Crippen MR) is 112 cm³/mol. The first-order chi connectivity index (χ1) is 13.2. The summed E-state index contributed by atoms with van der Waals surface area (Å²) in [5, 5.41) is 15.8. The van der Waals surface area contributed by atoms with Gasteiger partial charge in [0.2, 0.25) is 11.1 Å². The van der Waals surface area contributed by atoms with Crippen molar-refractivity contribution in [2.75, 3.05) is 11.2 Å². The highest BCUT2D eigenvalue weighted by molar-refractivity contribution is 8.00. The van der Waals surface area contributed by atoms with Crippen LogP contribution in [0.1, 0.15) is 18.3 Å². The van der Waals surface area contributed by atoms with Crippen LogP contribution in [-0.4, -0.2) is 35.8 Å². The molecule has 3 N–H and O–H groups in total. The van der Waals surface area contributed by atoms with Gasteiger partial charge in [0.25, 0.3) is 5.95 Å². The highest BCUT2D eigenvalue weighted by Crippen LogP contribution is 2.34. The van der Waals surface area contributed by atoms with Gasteiger partial charge in [0.1, 0.15) is 0 Å². The highest BCUT2D eigenvalue weighted by atomic mass is 35.5. The van der Waals surface area contributed by atoms with Gasteiger partial charge in [-0.2, -0.15) is 5.10 Å². The molecule has 0 radical (unpaired) electrons. The number of nitrogens with two attached hydrogens (primary N) is 1. The van der Waals surface area contributed by atoms with Crippen molar-refractivity contribution in [2.45, 2.75) is 31.2 Å². The van der Waals surface area contributed by atoms with Crippen LogP contribution in [0.3, 0.4) is 0 Å². The maximum absolute atomic E-state index is 12.6. The van der Waals surface area contributed by atoms with Crippen LogP contribution in [0.2, 0.25) is 15.1 Å². The fraction of sp³-hybridized carbons (Fsp3) is 0.250. The Balaban J connectivity index is 1.76. The topological polar surface area (TPSA) is 104 Å². The molecule has 148 valence electrons. The van der Waals surface area contributed by atoms with Crippen molar-refractivity contribution >= 4 is 58.2 Å². The van der Waals surface area contributed by atoms with E-state index in [9.17, 15) is 4.79 Å². The van der Waals surface area contributed by atoms with Crippen molar-refractivity contribution in [1.82, 2.24) is 24.7 Å². The van der Waals surface area contributed by atoms with Gasteiger partial charge >= 0.3 is 0 Å². The van der Waals surface area contributed by atoms with Gasteiger partial charge in [-0.25, -0.2) is 9.36 Å². The molecule has 8 nitrogen and oxygen atoms in total. The number of anilines is 1. The summed E-state index contributed by atoms with van der Waals surface area (Å²) in [6.45, 7) is 5.46. The fourth-order valence-electron chi connectivity index (χ4n) is 2.42. The van der Waals surface area contributed by atoms with Gasteiger partial charge in [-0.05, 0) is 39.0 Å². The molecule has 0 fully saturated rings. The van der Waals surface area contributed by atoms with Crippen LogP contribution in [0.4, 0.5) is 5.69 Å². The van der Waals surface area contributed by atoms with Crippen LogP contribution in [0.5, 0.6) is 0 Å². The number of thioether (sulfide) groups is 1. The second-order valence-corrected chi connectivity index (χ2v) is 8.54. The molecule has 2 heterocycles. The van der Waals surface area contributed by atoms with E-state index in [1.807, 2.05) is 19.9 Å². The van der Waals surface area contributed by atoms with Gasteiger partial charge in [-0.3, -0.25) is 4.79 Å². The molecule has 28 heavy (non-hydrogen) atoms. The number of nitrogen functional groups attached to an aromatic ring is 1. The van der Waals surface area contributed by atoms with Crippen molar-refractivity contribution in [3.8, 4) is 5.95 Å². The average molecular weight is 461 g/mol. The molecule has 0 aliphatic carbocycles. The average Bonchev–Trinajstić information content (AvgIpc) is 3.12. The van der Waals surface area contributed by atoms with E-state index in [1.165, 1.54) is 16.8 Å². The summed E-state index contributed by atoms with van der Waals surface area (Å²) in [5.41, 5.74) is 1.99. The number of aryl methyl sites for hydroxylation is 2. The summed E-state index contributed by atoms with van der Waals surface area (Å²) in [6, 6.07) is 4.90. The zero-order valence-electron chi connectivity index (χ0n) is 15.1. The Morgan fingerprint density at radius 3 is 2.39 bits per heavy atom. The first kappa shape index (κ1) is 20.8. The van der Waals surface area contributed by atoms with Crippen LogP contribution in [-0.2, 0) is 4.79 Å². The van der Waals surface area contributed by atoms with E-state index in [2.05, 4.69) is 20.6 Å². The molecule has 0 spiro atoms. The summed E-state index contributed by atoms with van der Waals surface area (Å²) in [7, 11) is 0. The molecule has 0 saturated heterocycles. The smallest absolute Gasteiger partial charge is 0.271 e.